The van der Waals surface area contributed by atoms with Crippen LogP contribution in [0.5, 0.6) is 0 Å². The Balaban J connectivity index is 2.88. The summed E-state index contributed by atoms with van der Waals surface area (Å²) < 4.78 is 13.5. The maximum Gasteiger partial charge on any atom is 0.166 e. The smallest absolute Gasteiger partial charge is 0.166 e. The maximum absolute atomic E-state index is 13.2. The first-order chi connectivity index (χ1) is 7.41. The van der Waals surface area contributed by atoms with E-state index in [4.69, 9.17) is 0 Å². The topological polar surface area (TPSA) is 34.1 Å². The standard InChI is InChI=1S/C12H12BrFO2/c1-7(5-8(2)15)12(16)9-3-4-10(13)11(14)6-9/h3-4,6-7H,5H2,1-2H3. The number of Topliss-reactive ketones (excluding diaryl/α,β-unsaturated/α-hetero) is 2. The lowest BCUT2D eigenvalue weighted by molar-refractivity contribution is -0.117. The van der Waals surface area contributed by atoms with Crippen molar-refractivity contribution in [1.82, 2.24) is 0 Å². The van der Waals surface area contributed by atoms with E-state index < -0.39 is 11.7 Å². The lowest BCUT2D eigenvalue weighted by atomic mass is 9.95. The molecule has 1 aromatic rings. The van der Waals surface area contributed by atoms with Crippen LogP contribution in [-0.2, 0) is 4.79 Å². The van der Waals surface area contributed by atoms with Crippen molar-refractivity contribution < 1.29 is 14.0 Å². The van der Waals surface area contributed by atoms with Gasteiger partial charge in [-0.3, -0.25) is 4.79 Å². The fourth-order valence-corrected chi connectivity index (χ4v) is 1.70. The number of hydrogen-bond donors (Lipinski definition) is 0. The molecule has 0 saturated heterocycles. The molecular formula is C12H12BrFO2. The van der Waals surface area contributed by atoms with Gasteiger partial charge in [-0.2, -0.15) is 0 Å². The van der Waals surface area contributed by atoms with E-state index in [2.05, 4.69) is 15.9 Å². The van der Waals surface area contributed by atoms with Crippen LogP contribution >= 0.6 is 15.9 Å². The van der Waals surface area contributed by atoms with Crippen LogP contribution in [0.2, 0.25) is 0 Å². The first kappa shape index (κ1) is 13.0. The first-order valence-electron chi connectivity index (χ1n) is 4.90. The number of hydrogen-bond acceptors (Lipinski definition) is 2. The van der Waals surface area contributed by atoms with Gasteiger partial charge in [0.1, 0.15) is 11.6 Å². The highest BCUT2D eigenvalue weighted by Gasteiger charge is 2.17. The third-order valence-electron chi connectivity index (χ3n) is 2.25. The summed E-state index contributed by atoms with van der Waals surface area (Å²) in [7, 11) is 0. The SMILES string of the molecule is CC(=O)CC(C)C(=O)c1ccc(Br)c(F)c1. The largest absolute Gasteiger partial charge is 0.300 e. The summed E-state index contributed by atoms with van der Waals surface area (Å²) >= 11 is 3.02. The Kier molecular flexibility index (Phi) is 4.35. The van der Waals surface area contributed by atoms with E-state index >= 15 is 0 Å². The Morgan fingerprint density at radius 2 is 2.06 bits per heavy atom. The third kappa shape index (κ3) is 3.23. The molecule has 0 heterocycles. The fraction of sp³-hybridized carbons (Fsp3) is 0.333. The highest BCUT2D eigenvalue weighted by atomic mass is 79.9. The monoisotopic (exact) mass is 286 g/mol. The number of ketones is 2. The summed E-state index contributed by atoms with van der Waals surface area (Å²) in [5.41, 5.74) is 0.300. The van der Waals surface area contributed by atoms with Crippen molar-refractivity contribution in [2.24, 2.45) is 5.92 Å². The molecule has 0 bridgehead atoms. The molecule has 16 heavy (non-hydrogen) atoms. The first-order valence-corrected chi connectivity index (χ1v) is 5.70. The van der Waals surface area contributed by atoms with Gasteiger partial charge in [0.25, 0.3) is 0 Å². The van der Waals surface area contributed by atoms with Gasteiger partial charge in [-0.25, -0.2) is 4.39 Å². The van der Waals surface area contributed by atoms with Gasteiger partial charge < -0.3 is 4.79 Å². The highest BCUT2D eigenvalue weighted by molar-refractivity contribution is 9.10. The molecule has 4 heteroatoms. The van der Waals surface area contributed by atoms with Gasteiger partial charge in [0.2, 0.25) is 0 Å². The minimum Gasteiger partial charge on any atom is -0.300 e. The van der Waals surface area contributed by atoms with E-state index in [9.17, 15) is 14.0 Å². The summed E-state index contributed by atoms with van der Waals surface area (Å²) in [5, 5.41) is 0. The van der Waals surface area contributed by atoms with E-state index in [0.717, 1.165) is 0 Å². The molecule has 0 N–H and O–H groups in total. The van der Waals surface area contributed by atoms with Crippen LogP contribution in [0, 0.1) is 11.7 Å². The summed E-state index contributed by atoms with van der Waals surface area (Å²) in [6.45, 7) is 3.11. The van der Waals surface area contributed by atoms with Crippen molar-refractivity contribution in [3.63, 3.8) is 0 Å². The quantitative estimate of drug-likeness (QED) is 0.795. The molecule has 0 aromatic heterocycles. The Bertz CT molecular complexity index is 429. The van der Waals surface area contributed by atoms with Crippen LogP contribution in [0.1, 0.15) is 30.6 Å². The molecule has 0 aliphatic carbocycles. The molecule has 0 saturated carbocycles. The van der Waals surface area contributed by atoms with Gasteiger partial charge in [-0.05, 0) is 35.0 Å². The number of carbonyl (C=O) groups is 2. The van der Waals surface area contributed by atoms with Crippen molar-refractivity contribution >= 4 is 27.5 Å². The maximum atomic E-state index is 13.2. The molecule has 86 valence electrons. The molecule has 1 atom stereocenters. The van der Waals surface area contributed by atoms with Crippen LogP contribution < -0.4 is 0 Å². The molecule has 0 aliphatic rings. The van der Waals surface area contributed by atoms with Crippen molar-refractivity contribution in [3.8, 4) is 0 Å². The number of halogens is 2. The summed E-state index contributed by atoms with van der Waals surface area (Å²) in [6.07, 6.45) is 0.191. The van der Waals surface area contributed by atoms with Crippen LogP contribution in [-0.4, -0.2) is 11.6 Å². The van der Waals surface area contributed by atoms with Crippen molar-refractivity contribution in [1.29, 1.82) is 0 Å². The molecule has 0 fully saturated rings. The van der Waals surface area contributed by atoms with Crippen molar-refractivity contribution in [2.45, 2.75) is 20.3 Å². The number of benzene rings is 1. The second-order valence-corrected chi connectivity index (χ2v) is 4.65. The average molecular weight is 287 g/mol. The van der Waals surface area contributed by atoms with E-state index in [1.165, 1.54) is 19.1 Å². The second kappa shape index (κ2) is 5.34. The van der Waals surface area contributed by atoms with Gasteiger partial charge in [-0.15, -0.1) is 0 Å². The zero-order valence-electron chi connectivity index (χ0n) is 9.09. The predicted octanol–water partition coefficient (Wildman–Crippen LogP) is 3.39. The molecule has 1 rings (SSSR count). The van der Waals surface area contributed by atoms with Crippen LogP contribution in [0.25, 0.3) is 0 Å². The van der Waals surface area contributed by atoms with E-state index in [1.54, 1.807) is 13.0 Å². The molecule has 0 amide bonds. The molecule has 0 radical (unpaired) electrons. The van der Waals surface area contributed by atoms with Gasteiger partial charge >= 0.3 is 0 Å². The molecule has 1 aromatic carbocycles. The molecule has 1 unspecified atom stereocenters. The van der Waals surface area contributed by atoms with E-state index in [1.807, 2.05) is 0 Å². The lowest BCUT2D eigenvalue weighted by Crippen LogP contribution is -2.14. The zero-order valence-corrected chi connectivity index (χ0v) is 10.7. The highest BCUT2D eigenvalue weighted by Crippen LogP contribution is 2.19. The van der Waals surface area contributed by atoms with E-state index in [-0.39, 0.29) is 18.0 Å². The molecule has 0 spiro atoms. The van der Waals surface area contributed by atoms with Gasteiger partial charge in [0.05, 0.1) is 4.47 Å². The zero-order chi connectivity index (χ0) is 12.3. The number of carbonyl (C=O) groups excluding carboxylic acids is 2. The van der Waals surface area contributed by atoms with Crippen molar-refractivity contribution in [3.05, 3.63) is 34.1 Å². The minimum absolute atomic E-state index is 0.0431. The van der Waals surface area contributed by atoms with Crippen LogP contribution in [0.4, 0.5) is 4.39 Å². The second-order valence-electron chi connectivity index (χ2n) is 3.80. The normalized spacial score (nSPS) is 12.2. The summed E-state index contributed by atoms with van der Waals surface area (Å²) in [5.74, 6) is -1.13. The van der Waals surface area contributed by atoms with Crippen molar-refractivity contribution in [2.75, 3.05) is 0 Å². The Hall–Kier alpha value is -1.03. The molecular weight excluding hydrogens is 275 g/mol. The average Bonchev–Trinajstić information content (AvgIpc) is 2.20. The summed E-state index contributed by atoms with van der Waals surface area (Å²) in [4.78, 5) is 22.7. The fourth-order valence-electron chi connectivity index (χ4n) is 1.46. The molecule has 0 aliphatic heterocycles. The van der Waals surface area contributed by atoms with Gasteiger partial charge in [0.15, 0.2) is 5.78 Å². The Labute approximate surface area is 102 Å². The Morgan fingerprint density at radius 1 is 1.44 bits per heavy atom. The third-order valence-corrected chi connectivity index (χ3v) is 2.89. The Morgan fingerprint density at radius 3 is 2.56 bits per heavy atom. The van der Waals surface area contributed by atoms with Gasteiger partial charge in [0, 0.05) is 17.9 Å². The predicted molar refractivity (Wildman–Crippen MR) is 62.9 cm³/mol. The lowest BCUT2D eigenvalue weighted by Gasteiger charge is -2.08. The van der Waals surface area contributed by atoms with E-state index in [0.29, 0.717) is 10.0 Å². The van der Waals surface area contributed by atoms with Crippen LogP contribution in [0.3, 0.4) is 0 Å². The minimum atomic E-state index is -0.471. The van der Waals surface area contributed by atoms with Crippen LogP contribution in [0.15, 0.2) is 22.7 Å². The van der Waals surface area contributed by atoms with Gasteiger partial charge in [-0.1, -0.05) is 13.0 Å². The summed E-state index contributed by atoms with van der Waals surface area (Å²) in [6, 6.07) is 4.22. The molecule has 2 nitrogen and oxygen atoms in total. The number of rotatable bonds is 4.